The minimum atomic E-state index is 0.00694. The lowest BCUT2D eigenvalue weighted by atomic mass is 10.1. The van der Waals surface area contributed by atoms with Crippen molar-refractivity contribution in [1.82, 2.24) is 0 Å². The maximum absolute atomic E-state index is 8.29. The van der Waals surface area contributed by atoms with E-state index in [0.29, 0.717) is 6.54 Å². The summed E-state index contributed by atoms with van der Waals surface area (Å²) in [5.41, 5.74) is 5.21. The molecule has 0 aliphatic heterocycles. The van der Waals surface area contributed by atoms with E-state index in [9.17, 15) is 0 Å². The van der Waals surface area contributed by atoms with Gasteiger partial charge < -0.3 is 5.73 Å². The SMILES string of the molecule is N#CC(CN)CCS. The summed E-state index contributed by atoms with van der Waals surface area (Å²) < 4.78 is 0. The van der Waals surface area contributed by atoms with Crippen molar-refractivity contribution in [3.63, 3.8) is 0 Å². The van der Waals surface area contributed by atoms with Gasteiger partial charge in [-0.2, -0.15) is 17.9 Å². The Labute approximate surface area is 55.1 Å². The van der Waals surface area contributed by atoms with E-state index in [0.717, 1.165) is 12.2 Å². The molecule has 1 atom stereocenters. The van der Waals surface area contributed by atoms with Gasteiger partial charge in [-0.15, -0.1) is 0 Å². The van der Waals surface area contributed by atoms with Crippen LogP contribution in [-0.4, -0.2) is 12.3 Å². The maximum Gasteiger partial charge on any atom is 0.0669 e. The minimum Gasteiger partial charge on any atom is -0.329 e. The van der Waals surface area contributed by atoms with Crippen LogP contribution >= 0.6 is 12.6 Å². The van der Waals surface area contributed by atoms with E-state index in [-0.39, 0.29) is 5.92 Å². The van der Waals surface area contributed by atoms with Gasteiger partial charge in [-0.05, 0) is 12.2 Å². The van der Waals surface area contributed by atoms with E-state index < -0.39 is 0 Å². The highest BCUT2D eigenvalue weighted by molar-refractivity contribution is 7.80. The normalized spacial score (nSPS) is 12.6. The second-order valence-electron chi connectivity index (χ2n) is 1.57. The van der Waals surface area contributed by atoms with Gasteiger partial charge in [0.05, 0.1) is 12.0 Å². The molecule has 8 heavy (non-hydrogen) atoms. The van der Waals surface area contributed by atoms with Crippen LogP contribution in [0.3, 0.4) is 0 Å². The molecule has 0 aromatic rings. The number of thiol groups is 1. The van der Waals surface area contributed by atoms with Crippen LogP contribution in [-0.2, 0) is 0 Å². The first-order chi connectivity index (χ1) is 3.85. The van der Waals surface area contributed by atoms with Crippen LogP contribution in [0.15, 0.2) is 0 Å². The Morgan fingerprint density at radius 2 is 2.38 bits per heavy atom. The van der Waals surface area contributed by atoms with Crippen LogP contribution in [0.25, 0.3) is 0 Å². The summed E-state index contributed by atoms with van der Waals surface area (Å²) in [7, 11) is 0. The van der Waals surface area contributed by atoms with Gasteiger partial charge in [-0.3, -0.25) is 0 Å². The first-order valence-electron chi connectivity index (χ1n) is 2.55. The summed E-state index contributed by atoms with van der Waals surface area (Å²) in [6.45, 7) is 0.455. The van der Waals surface area contributed by atoms with Gasteiger partial charge in [0.2, 0.25) is 0 Å². The fraction of sp³-hybridized carbons (Fsp3) is 0.800. The lowest BCUT2D eigenvalue weighted by Gasteiger charge is -1.99. The Balaban J connectivity index is 3.26. The second kappa shape index (κ2) is 4.95. The zero-order valence-electron chi connectivity index (χ0n) is 4.67. The molecule has 0 radical (unpaired) electrons. The predicted octanol–water partition coefficient (Wildman–Crippen LogP) is 0.405. The van der Waals surface area contributed by atoms with Gasteiger partial charge in [0, 0.05) is 6.54 Å². The average molecular weight is 130 g/mol. The molecule has 0 saturated carbocycles. The lowest BCUT2D eigenvalue weighted by Crippen LogP contribution is -2.12. The van der Waals surface area contributed by atoms with Crippen molar-refractivity contribution in [3.05, 3.63) is 0 Å². The number of hydrogen-bond acceptors (Lipinski definition) is 3. The van der Waals surface area contributed by atoms with Crippen LogP contribution in [0.4, 0.5) is 0 Å². The van der Waals surface area contributed by atoms with Crippen LogP contribution in [0, 0.1) is 17.2 Å². The third kappa shape index (κ3) is 2.89. The van der Waals surface area contributed by atoms with Crippen LogP contribution in [0.5, 0.6) is 0 Å². The lowest BCUT2D eigenvalue weighted by molar-refractivity contribution is 0.660. The van der Waals surface area contributed by atoms with Crippen molar-refractivity contribution in [3.8, 4) is 6.07 Å². The molecule has 0 aliphatic rings. The van der Waals surface area contributed by atoms with Gasteiger partial charge in [0.1, 0.15) is 0 Å². The first-order valence-corrected chi connectivity index (χ1v) is 3.19. The Bertz CT molecular complexity index is 86.9. The molecule has 0 aliphatic carbocycles. The quantitative estimate of drug-likeness (QED) is 0.543. The minimum absolute atomic E-state index is 0.00694. The fourth-order valence-electron chi connectivity index (χ4n) is 0.391. The molecule has 0 aromatic carbocycles. The van der Waals surface area contributed by atoms with Crippen LogP contribution in [0.2, 0.25) is 0 Å². The molecule has 0 rings (SSSR count). The molecule has 0 heterocycles. The molecule has 3 heteroatoms. The van der Waals surface area contributed by atoms with Crippen molar-refractivity contribution in [2.75, 3.05) is 12.3 Å². The fourth-order valence-corrected chi connectivity index (χ4v) is 0.703. The Morgan fingerprint density at radius 1 is 1.75 bits per heavy atom. The third-order valence-corrected chi connectivity index (χ3v) is 1.20. The molecule has 0 saturated heterocycles. The third-order valence-electron chi connectivity index (χ3n) is 0.945. The Kier molecular flexibility index (Phi) is 4.82. The number of nitriles is 1. The largest absolute Gasteiger partial charge is 0.329 e. The molecule has 2 N–H and O–H groups in total. The van der Waals surface area contributed by atoms with Gasteiger partial charge in [0.25, 0.3) is 0 Å². The van der Waals surface area contributed by atoms with E-state index >= 15 is 0 Å². The van der Waals surface area contributed by atoms with E-state index in [2.05, 4.69) is 18.7 Å². The smallest absolute Gasteiger partial charge is 0.0669 e. The van der Waals surface area contributed by atoms with Crippen molar-refractivity contribution >= 4 is 12.6 Å². The first kappa shape index (κ1) is 7.80. The van der Waals surface area contributed by atoms with Crippen molar-refractivity contribution in [2.24, 2.45) is 11.7 Å². The molecule has 2 nitrogen and oxygen atoms in total. The van der Waals surface area contributed by atoms with Gasteiger partial charge in [-0.25, -0.2) is 0 Å². The molecule has 0 amide bonds. The highest BCUT2D eigenvalue weighted by Gasteiger charge is 2.00. The summed E-state index contributed by atoms with van der Waals surface area (Å²) in [5, 5.41) is 8.29. The molecule has 0 bridgehead atoms. The number of hydrogen-bond donors (Lipinski definition) is 2. The van der Waals surface area contributed by atoms with Crippen molar-refractivity contribution in [1.29, 1.82) is 5.26 Å². The van der Waals surface area contributed by atoms with Gasteiger partial charge in [-0.1, -0.05) is 0 Å². The van der Waals surface area contributed by atoms with E-state index in [1.54, 1.807) is 0 Å². The predicted molar refractivity (Wildman–Crippen MR) is 36.6 cm³/mol. The van der Waals surface area contributed by atoms with Gasteiger partial charge >= 0.3 is 0 Å². The molecular formula is C5H10N2S. The zero-order chi connectivity index (χ0) is 6.41. The summed E-state index contributed by atoms with van der Waals surface area (Å²) in [4.78, 5) is 0. The van der Waals surface area contributed by atoms with E-state index in [1.165, 1.54) is 0 Å². The number of nitrogens with zero attached hydrogens (tertiary/aromatic N) is 1. The molecule has 1 unspecified atom stereocenters. The summed E-state index contributed by atoms with van der Waals surface area (Å²) in [6.07, 6.45) is 0.802. The van der Waals surface area contributed by atoms with Crippen LogP contribution in [0.1, 0.15) is 6.42 Å². The number of nitrogens with two attached hydrogens (primary N) is 1. The topological polar surface area (TPSA) is 49.8 Å². The van der Waals surface area contributed by atoms with Crippen molar-refractivity contribution in [2.45, 2.75) is 6.42 Å². The van der Waals surface area contributed by atoms with E-state index in [4.69, 9.17) is 11.0 Å². The summed E-state index contributed by atoms with van der Waals surface area (Å²) in [6, 6.07) is 2.08. The van der Waals surface area contributed by atoms with Crippen LogP contribution < -0.4 is 5.73 Å². The monoisotopic (exact) mass is 130 g/mol. The molecule has 0 aromatic heterocycles. The average Bonchev–Trinajstić information content (AvgIpc) is 1.83. The molecular weight excluding hydrogens is 120 g/mol. The zero-order valence-corrected chi connectivity index (χ0v) is 5.56. The summed E-state index contributed by atoms with van der Waals surface area (Å²) >= 11 is 3.96. The second-order valence-corrected chi connectivity index (χ2v) is 2.02. The van der Waals surface area contributed by atoms with Gasteiger partial charge in [0.15, 0.2) is 0 Å². The molecule has 46 valence electrons. The Hall–Kier alpha value is -0.200. The Morgan fingerprint density at radius 3 is 2.50 bits per heavy atom. The maximum atomic E-state index is 8.29. The summed E-state index contributed by atoms with van der Waals surface area (Å²) in [5.74, 6) is 0.752. The number of rotatable bonds is 3. The highest BCUT2D eigenvalue weighted by atomic mass is 32.1. The standard InChI is InChI=1S/C5H10N2S/c6-3-5(4-7)1-2-8/h5,8H,1-3,6H2. The molecule has 0 spiro atoms. The van der Waals surface area contributed by atoms with Crippen molar-refractivity contribution < 1.29 is 0 Å². The molecule has 0 fully saturated rings. The van der Waals surface area contributed by atoms with E-state index in [1.807, 2.05) is 0 Å². The highest BCUT2D eigenvalue weighted by Crippen LogP contribution is 1.98.